The van der Waals surface area contributed by atoms with Gasteiger partial charge in [0.2, 0.25) is 0 Å². The Kier molecular flexibility index (Phi) is 5.68. The molecule has 0 bridgehead atoms. The van der Waals surface area contributed by atoms with Crippen LogP contribution in [0.2, 0.25) is 10.3 Å². The van der Waals surface area contributed by atoms with E-state index < -0.39 is 0 Å². The number of hydrogen-bond donors (Lipinski definition) is 1. The van der Waals surface area contributed by atoms with Crippen LogP contribution in [0.3, 0.4) is 0 Å². The molecule has 1 unspecified atom stereocenters. The van der Waals surface area contributed by atoms with Gasteiger partial charge in [0.05, 0.1) is 6.10 Å². The standard InChI is InChI=1S/C11H14Cl2N2O2/c1-3-17-7(2)6-14-11(16)8-4-9(12)15-10(13)5-8/h4-5,7H,3,6H2,1-2H3,(H,14,16). The molecule has 1 atom stereocenters. The first kappa shape index (κ1) is 14.2. The molecule has 0 aliphatic rings. The maximum atomic E-state index is 11.7. The van der Waals surface area contributed by atoms with E-state index in [1.54, 1.807) is 0 Å². The minimum atomic E-state index is -0.247. The highest BCUT2D eigenvalue weighted by Crippen LogP contribution is 2.14. The van der Waals surface area contributed by atoms with Gasteiger partial charge in [0.15, 0.2) is 0 Å². The number of nitrogens with zero attached hydrogens (tertiary/aromatic N) is 1. The average molecular weight is 277 g/mol. The number of carbonyl (C=O) groups excluding carboxylic acids is 1. The van der Waals surface area contributed by atoms with Crippen molar-refractivity contribution in [2.75, 3.05) is 13.2 Å². The monoisotopic (exact) mass is 276 g/mol. The second-order valence-electron chi connectivity index (χ2n) is 3.48. The zero-order valence-electron chi connectivity index (χ0n) is 9.67. The van der Waals surface area contributed by atoms with E-state index in [-0.39, 0.29) is 22.3 Å². The van der Waals surface area contributed by atoms with E-state index >= 15 is 0 Å². The molecular formula is C11H14Cl2N2O2. The number of hydrogen-bond acceptors (Lipinski definition) is 3. The molecular weight excluding hydrogens is 263 g/mol. The van der Waals surface area contributed by atoms with Crippen molar-refractivity contribution in [3.63, 3.8) is 0 Å². The van der Waals surface area contributed by atoms with Gasteiger partial charge in [0.1, 0.15) is 10.3 Å². The molecule has 17 heavy (non-hydrogen) atoms. The maximum absolute atomic E-state index is 11.7. The Morgan fingerprint density at radius 3 is 2.59 bits per heavy atom. The second kappa shape index (κ2) is 6.79. The van der Waals surface area contributed by atoms with Gasteiger partial charge in [-0.25, -0.2) is 4.98 Å². The van der Waals surface area contributed by atoms with Crippen molar-refractivity contribution in [3.8, 4) is 0 Å². The molecule has 0 aliphatic carbocycles. The van der Waals surface area contributed by atoms with Crippen LogP contribution in [0.15, 0.2) is 12.1 Å². The zero-order chi connectivity index (χ0) is 12.8. The molecule has 6 heteroatoms. The van der Waals surface area contributed by atoms with Gasteiger partial charge in [-0.2, -0.15) is 0 Å². The van der Waals surface area contributed by atoms with Crippen molar-refractivity contribution in [1.82, 2.24) is 10.3 Å². The van der Waals surface area contributed by atoms with Crippen LogP contribution in [0.25, 0.3) is 0 Å². The van der Waals surface area contributed by atoms with E-state index in [1.807, 2.05) is 13.8 Å². The molecule has 1 heterocycles. The summed E-state index contributed by atoms with van der Waals surface area (Å²) in [6.45, 7) is 4.84. The van der Waals surface area contributed by atoms with E-state index in [0.717, 1.165) is 0 Å². The van der Waals surface area contributed by atoms with Crippen LogP contribution in [0, 0.1) is 0 Å². The second-order valence-corrected chi connectivity index (χ2v) is 4.25. The zero-order valence-corrected chi connectivity index (χ0v) is 11.2. The smallest absolute Gasteiger partial charge is 0.251 e. The fourth-order valence-electron chi connectivity index (χ4n) is 1.28. The fraction of sp³-hybridized carbons (Fsp3) is 0.455. The van der Waals surface area contributed by atoms with E-state index in [0.29, 0.717) is 18.7 Å². The highest BCUT2D eigenvalue weighted by molar-refractivity contribution is 6.33. The maximum Gasteiger partial charge on any atom is 0.251 e. The van der Waals surface area contributed by atoms with Gasteiger partial charge in [0, 0.05) is 18.7 Å². The predicted octanol–water partition coefficient (Wildman–Crippen LogP) is 2.54. The fourth-order valence-corrected chi connectivity index (χ4v) is 1.74. The van der Waals surface area contributed by atoms with Gasteiger partial charge >= 0.3 is 0 Å². The number of halogens is 2. The third-order valence-electron chi connectivity index (χ3n) is 2.03. The normalized spacial score (nSPS) is 12.2. The third kappa shape index (κ3) is 4.89. The highest BCUT2D eigenvalue weighted by atomic mass is 35.5. The molecule has 0 radical (unpaired) electrons. The van der Waals surface area contributed by atoms with Crippen LogP contribution >= 0.6 is 23.2 Å². The third-order valence-corrected chi connectivity index (χ3v) is 2.41. The van der Waals surface area contributed by atoms with E-state index in [9.17, 15) is 4.79 Å². The molecule has 1 aromatic rings. The quantitative estimate of drug-likeness (QED) is 0.841. The summed E-state index contributed by atoms with van der Waals surface area (Å²) in [6.07, 6.45) is -0.0308. The van der Waals surface area contributed by atoms with Gasteiger partial charge < -0.3 is 10.1 Å². The summed E-state index contributed by atoms with van der Waals surface area (Å²) < 4.78 is 5.30. The summed E-state index contributed by atoms with van der Waals surface area (Å²) in [5.74, 6) is -0.247. The molecule has 1 amide bonds. The molecule has 1 rings (SSSR count). The van der Waals surface area contributed by atoms with Crippen LogP contribution < -0.4 is 5.32 Å². The van der Waals surface area contributed by atoms with Crippen molar-refractivity contribution in [1.29, 1.82) is 0 Å². The van der Waals surface area contributed by atoms with Gasteiger partial charge in [-0.15, -0.1) is 0 Å². The number of rotatable bonds is 5. The molecule has 0 spiro atoms. The summed E-state index contributed by atoms with van der Waals surface area (Å²) in [5.41, 5.74) is 0.388. The Bertz CT molecular complexity index is 379. The Labute approximate surface area is 110 Å². The van der Waals surface area contributed by atoms with Crippen molar-refractivity contribution >= 4 is 29.1 Å². The number of pyridine rings is 1. The summed E-state index contributed by atoms with van der Waals surface area (Å²) in [4.78, 5) is 15.5. The van der Waals surface area contributed by atoms with Crippen molar-refractivity contribution < 1.29 is 9.53 Å². The SMILES string of the molecule is CCOC(C)CNC(=O)c1cc(Cl)nc(Cl)c1. The minimum Gasteiger partial charge on any atom is -0.377 e. The molecule has 0 fully saturated rings. The Morgan fingerprint density at radius 1 is 1.47 bits per heavy atom. The van der Waals surface area contributed by atoms with Gasteiger partial charge in [0.25, 0.3) is 5.91 Å². The Balaban J connectivity index is 2.58. The van der Waals surface area contributed by atoms with Crippen LogP contribution in [0.1, 0.15) is 24.2 Å². The molecule has 94 valence electrons. The molecule has 0 saturated carbocycles. The number of carbonyl (C=O) groups is 1. The van der Waals surface area contributed by atoms with E-state index in [1.165, 1.54) is 12.1 Å². The number of nitrogens with one attached hydrogen (secondary N) is 1. The van der Waals surface area contributed by atoms with Crippen molar-refractivity contribution in [2.45, 2.75) is 20.0 Å². The molecule has 0 aliphatic heterocycles. The number of ether oxygens (including phenoxy) is 1. The van der Waals surface area contributed by atoms with Crippen molar-refractivity contribution in [3.05, 3.63) is 28.0 Å². The highest BCUT2D eigenvalue weighted by Gasteiger charge is 2.10. The van der Waals surface area contributed by atoms with Gasteiger partial charge in [-0.1, -0.05) is 23.2 Å². The van der Waals surface area contributed by atoms with E-state index in [4.69, 9.17) is 27.9 Å². The lowest BCUT2D eigenvalue weighted by atomic mass is 10.2. The molecule has 1 N–H and O–H groups in total. The largest absolute Gasteiger partial charge is 0.377 e. The first-order valence-corrected chi connectivity index (χ1v) is 6.01. The van der Waals surface area contributed by atoms with Gasteiger partial charge in [-0.05, 0) is 26.0 Å². The first-order chi connectivity index (χ1) is 8.02. The van der Waals surface area contributed by atoms with Crippen LogP contribution in [-0.2, 0) is 4.74 Å². The average Bonchev–Trinajstić information content (AvgIpc) is 2.25. The summed E-state index contributed by atoms with van der Waals surface area (Å²) >= 11 is 11.4. The first-order valence-electron chi connectivity index (χ1n) is 5.25. The van der Waals surface area contributed by atoms with Crippen molar-refractivity contribution in [2.24, 2.45) is 0 Å². The topological polar surface area (TPSA) is 51.2 Å². The Morgan fingerprint density at radius 2 is 2.06 bits per heavy atom. The number of amides is 1. The van der Waals surface area contributed by atoms with Gasteiger partial charge in [-0.3, -0.25) is 4.79 Å². The molecule has 1 aromatic heterocycles. The number of aromatic nitrogens is 1. The minimum absolute atomic E-state index is 0.0308. The predicted molar refractivity (Wildman–Crippen MR) is 67.7 cm³/mol. The Hall–Kier alpha value is -0.840. The molecule has 0 saturated heterocycles. The van der Waals surface area contributed by atoms with Crippen LogP contribution in [-0.4, -0.2) is 30.1 Å². The van der Waals surface area contributed by atoms with Crippen LogP contribution in [0.4, 0.5) is 0 Å². The van der Waals surface area contributed by atoms with Crippen LogP contribution in [0.5, 0.6) is 0 Å². The molecule has 4 nitrogen and oxygen atoms in total. The summed E-state index contributed by atoms with van der Waals surface area (Å²) in [7, 11) is 0. The lowest BCUT2D eigenvalue weighted by Crippen LogP contribution is -2.32. The lowest BCUT2D eigenvalue weighted by Gasteiger charge is -2.12. The molecule has 0 aromatic carbocycles. The summed E-state index contributed by atoms with van der Waals surface area (Å²) in [5, 5.41) is 3.12. The van der Waals surface area contributed by atoms with E-state index in [2.05, 4.69) is 10.3 Å². The lowest BCUT2D eigenvalue weighted by molar-refractivity contribution is 0.0695. The summed E-state index contributed by atoms with van der Waals surface area (Å²) in [6, 6.07) is 2.93.